The predicted molar refractivity (Wildman–Crippen MR) is 101 cm³/mol. The number of ether oxygens (including phenoxy) is 1. The predicted octanol–water partition coefficient (Wildman–Crippen LogP) is 3.71. The van der Waals surface area contributed by atoms with Crippen LogP contribution in [-0.4, -0.2) is 12.6 Å². The fraction of sp³-hybridized carbons (Fsp3) is 0.409. The van der Waals surface area contributed by atoms with E-state index in [0.29, 0.717) is 5.92 Å². The van der Waals surface area contributed by atoms with Crippen LogP contribution in [0.1, 0.15) is 44.6 Å². The number of nitriles is 2. The first kappa shape index (κ1) is 18.7. The summed E-state index contributed by atoms with van der Waals surface area (Å²) in [6, 6.07) is 13.8. The molecule has 0 fully saturated rings. The van der Waals surface area contributed by atoms with Crippen LogP contribution in [0.25, 0.3) is 0 Å². The summed E-state index contributed by atoms with van der Waals surface area (Å²) in [7, 11) is 0. The number of nitrogens with two attached hydrogens (primary N) is 1. The van der Waals surface area contributed by atoms with Crippen LogP contribution in [0.15, 0.2) is 52.7 Å². The molecule has 2 N–H and O–H groups in total. The van der Waals surface area contributed by atoms with Crippen molar-refractivity contribution in [3.05, 3.63) is 58.3 Å². The highest BCUT2D eigenvalue weighted by atomic mass is 16.5. The van der Waals surface area contributed by atoms with E-state index in [9.17, 15) is 15.3 Å². The van der Waals surface area contributed by atoms with Gasteiger partial charge in [-0.2, -0.15) is 10.5 Å². The molecule has 0 heterocycles. The first-order valence-corrected chi connectivity index (χ1v) is 9.27. The van der Waals surface area contributed by atoms with Crippen LogP contribution in [0.3, 0.4) is 0 Å². The number of carbonyl (C=O) groups is 1. The Hall–Kier alpha value is -3.05. The number of hydrogen-bond acceptors (Lipinski definition) is 5. The highest BCUT2D eigenvalue weighted by Crippen LogP contribution is 2.55. The van der Waals surface area contributed by atoms with Crippen molar-refractivity contribution in [3.63, 3.8) is 0 Å². The van der Waals surface area contributed by atoms with Gasteiger partial charge in [0.25, 0.3) is 0 Å². The van der Waals surface area contributed by atoms with Crippen molar-refractivity contribution in [3.8, 4) is 12.1 Å². The zero-order valence-electron chi connectivity index (χ0n) is 15.7. The van der Waals surface area contributed by atoms with Crippen LogP contribution < -0.4 is 5.73 Å². The van der Waals surface area contributed by atoms with E-state index in [2.05, 4.69) is 19.1 Å². The van der Waals surface area contributed by atoms with Gasteiger partial charge in [0, 0.05) is 5.92 Å². The van der Waals surface area contributed by atoms with Crippen LogP contribution in [-0.2, 0) is 9.53 Å². The lowest BCUT2D eigenvalue weighted by molar-refractivity contribution is -0.151. The molecular formula is C22H23N3O2. The van der Waals surface area contributed by atoms with Crippen molar-refractivity contribution < 1.29 is 9.53 Å². The Labute approximate surface area is 159 Å². The van der Waals surface area contributed by atoms with Gasteiger partial charge in [0.2, 0.25) is 5.41 Å². The first-order valence-electron chi connectivity index (χ1n) is 9.27. The number of benzene rings is 1. The molecule has 1 aromatic rings. The largest absolute Gasteiger partial charge is 0.464 e. The minimum absolute atomic E-state index is 0.0210. The molecule has 27 heavy (non-hydrogen) atoms. The molecule has 0 saturated heterocycles. The molecule has 0 amide bonds. The third kappa shape index (κ3) is 2.80. The molecule has 1 aromatic carbocycles. The minimum atomic E-state index is -1.72. The van der Waals surface area contributed by atoms with Crippen molar-refractivity contribution in [2.45, 2.75) is 39.0 Å². The fourth-order valence-corrected chi connectivity index (χ4v) is 4.36. The summed E-state index contributed by atoms with van der Waals surface area (Å²) in [5, 5.41) is 20.0. The Morgan fingerprint density at radius 2 is 2.04 bits per heavy atom. The molecule has 138 valence electrons. The van der Waals surface area contributed by atoms with Gasteiger partial charge >= 0.3 is 5.97 Å². The summed E-state index contributed by atoms with van der Waals surface area (Å²) in [6.45, 7) is 3.98. The summed E-state index contributed by atoms with van der Waals surface area (Å²) in [5.74, 6) is -0.798. The van der Waals surface area contributed by atoms with Crippen LogP contribution in [0, 0.1) is 34.0 Å². The van der Waals surface area contributed by atoms with Crippen LogP contribution in [0.2, 0.25) is 0 Å². The van der Waals surface area contributed by atoms with E-state index in [-0.39, 0.29) is 17.9 Å². The summed E-state index contributed by atoms with van der Waals surface area (Å²) in [6.07, 6.45) is 2.41. The first-order chi connectivity index (χ1) is 13.0. The molecule has 0 aliphatic heterocycles. The molecule has 3 atom stereocenters. The number of hydrogen-bond donors (Lipinski definition) is 1. The van der Waals surface area contributed by atoms with Gasteiger partial charge in [0.05, 0.1) is 23.9 Å². The van der Waals surface area contributed by atoms with E-state index in [4.69, 9.17) is 10.5 Å². The van der Waals surface area contributed by atoms with Gasteiger partial charge in [-0.15, -0.1) is 0 Å². The number of rotatable bonds is 3. The highest BCUT2D eigenvalue weighted by molar-refractivity contribution is 5.88. The molecule has 3 rings (SSSR count). The van der Waals surface area contributed by atoms with Crippen LogP contribution in [0.4, 0.5) is 0 Å². The van der Waals surface area contributed by atoms with Gasteiger partial charge in [-0.25, -0.2) is 4.79 Å². The third-order valence-corrected chi connectivity index (χ3v) is 5.64. The number of esters is 1. The Balaban J connectivity index is 2.34. The van der Waals surface area contributed by atoms with E-state index in [0.717, 1.165) is 36.0 Å². The van der Waals surface area contributed by atoms with Crippen molar-refractivity contribution in [1.82, 2.24) is 0 Å². The van der Waals surface area contributed by atoms with E-state index in [1.165, 1.54) is 0 Å². The van der Waals surface area contributed by atoms with Crippen LogP contribution >= 0.6 is 0 Å². The summed E-state index contributed by atoms with van der Waals surface area (Å²) < 4.78 is 5.28. The molecule has 0 spiro atoms. The van der Waals surface area contributed by atoms with Crippen molar-refractivity contribution in [2.24, 2.45) is 17.1 Å². The fourth-order valence-electron chi connectivity index (χ4n) is 4.36. The van der Waals surface area contributed by atoms with E-state index in [1.54, 1.807) is 6.92 Å². The SMILES string of the molecule is CCOC(=O)[C@@]1(C#N)C(N)=C(C#N)C2=C(CC[C@@H](C)C2)[C@H]1c1ccccc1. The molecule has 5 heteroatoms. The second-order valence-corrected chi connectivity index (χ2v) is 7.24. The second-order valence-electron chi connectivity index (χ2n) is 7.24. The van der Waals surface area contributed by atoms with Gasteiger partial charge in [0.1, 0.15) is 6.07 Å². The highest BCUT2D eigenvalue weighted by Gasteiger charge is 2.56. The maximum atomic E-state index is 13.1. The maximum Gasteiger partial charge on any atom is 0.333 e. The average molecular weight is 361 g/mol. The van der Waals surface area contributed by atoms with Crippen LogP contribution in [0.5, 0.6) is 0 Å². The maximum absolute atomic E-state index is 13.1. The molecule has 5 nitrogen and oxygen atoms in total. The number of nitrogens with zero attached hydrogens (tertiary/aromatic N) is 2. The van der Waals surface area contributed by atoms with Crippen molar-refractivity contribution >= 4 is 5.97 Å². The Morgan fingerprint density at radius 3 is 2.63 bits per heavy atom. The normalized spacial score (nSPS) is 27.4. The quantitative estimate of drug-likeness (QED) is 0.827. The molecule has 0 bridgehead atoms. The molecule has 2 aliphatic rings. The minimum Gasteiger partial charge on any atom is -0.464 e. The molecule has 2 aliphatic carbocycles. The molecule has 0 saturated carbocycles. The topological polar surface area (TPSA) is 99.9 Å². The Morgan fingerprint density at radius 1 is 1.33 bits per heavy atom. The van der Waals surface area contributed by atoms with Crippen molar-refractivity contribution in [2.75, 3.05) is 6.61 Å². The van der Waals surface area contributed by atoms with Gasteiger partial charge in [0.15, 0.2) is 0 Å². The van der Waals surface area contributed by atoms with Crippen molar-refractivity contribution in [1.29, 1.82) is 10.5 Å². The smallest absolute Gasteiger partial charge is 0.333 e. The summed E-state index contributed by atoms with van der Waals surface area (Å²) in [5.41, 5.74) is 7.68. The lowest BCUT2D eigenvalue weighted by Crippen LogP contribution is -2.46. The zero-order valence-corrected chi connectivity index (χ0v) is 15.7. The lowest BCUT2D eigenvalue weighted by Gasteiger charge is -2.42. The summed E-state index contributed by atoms with van der Waals surface area (Å²) >= 11 is 0. The Bertz CT molecular complexity index is 902. The monoisotopic (exact) mass is 361 g/mol. The van der Waals surface area contributed by atoms with Gasteiger partial charge < -0.3 is 10.5 Å². The second kappa shape index (κ2) is 7.29. The Kier molecular flexibility index (Phi) is 5.06. The average Bonchev–Trinajstić information content (AvgIpc) is 2.68. The lowest BCUT2D eigenvalue weighted by atomic mass is 9.59. The van der Waals surface area contributed by atoms with Gasteiger partial charge in [-0.1, -0.05) is 42.8 Å². The van der Waals surface area contributed by atoms with Gasteiger partial charge in [-0.05, 0) is 43.2 Å². The van der Waals surface area contributed by atoms with E-state index < -0.39 is 17.3 Å². The number of allylic oxidation sites excluding steroid dienone is 3. The third-order valence-electron chi connectivity index (χ3n) is 5.64. The molecule has 0 aromatic heterocycles. The molecular weight excluding hydrogens is 338 g/mol. The summed E-state index contributed by atoms with van der Waals surface area (Å²) in [4.78, 5) is 13.1. The molecule has 0 unspecified atom stereocenters. The van der Waals surface area contributed by atoms with E-state index >= 15 is 0 Å². The molecule has 0 radical (unpaired) electrons. The van der Waals surface area contributed by atoms with E-state index in [1.807, 2.05) is 30.3 Å². The number of carbonyl (C=O) groups excluding carboxylic acids is 1. The standard InChI is InChI=1S/C22H23N3O2/c1-3-27-21(26)22(13-24)19(15-7-5-4-6-8-15)16-10-9-14(2)11-17(16)18(12-23)20(22)25/h4-8,14,19H,3,9-11,25H2,1-2H3/t14-,19-,22-/m1/s1. The van der Waals surface area contributed by atoms with Gasteiger partial charge in [-0.3, -0.25) is 0 Å². The zero-order chi connectivity index (χ0) is 19.6.